The van der Waals surface area contributed by atoms with E-state index in [2.05, 4.69) is 16.9 Å². The molecule has 4 nitrogen and oxygen atoms in total. The highest BCUT2D eigenvalue weighted by Gasteiger charge is 2.19. The van der Waals surface area contributed by atoms with Crippen LogP contribution in [0.4, 0.5) is 11.4 Å². The van der Waals surface area contributed by atoms with E-state index >= 15 is 0 Å². The summed E-state index contributed by atoms with van der Waals surface area (Å²) in [6.07, 6.45) is 3.99. The molecule has 0 bridgehead atoms. The Bertz CT molecular complexity index is 342. The van der Waals surface area contributed by atoms with Crippen LogP contribution < -0.4 is 11.5 Å². The third-order valence-electron chi connectivity index (χ3n) is 3.13. The van der Waals surface area contributed by atoms with Gasteiger partial charge in [-0.1, -0.05) is 0 Å². The van der Waals surface area contributed by atoms with Crippen molar-refractivity contribution in [3.63, 3.8) is 0 Å². The number of nitrogens with zero attached hydrogens (tertiary/aromatic N) is 2. The normalized spacial score (nSPS) is 19.3. The fourth-order valence-electron chi connectivity index (χ4n) is 2.03. The Labute approximate surface area is 90.3 Å². The van der Waals surface area contributed by atoms with Gasteiger partial charge in [-0.05, 0) is 39.0 Å². The molecule has 0 atom stereocenters. The summed E-state index contributed by atoms with van der Waals surface area (Å²) in [6, 6.07) is 1.92. The number of nitrogens with two attached hydrogens (primary N) is 2. The topological polar surface area (TPSA) is 68.2 Å². The molecule has 0 aromatic carbocycles. The van der Waals surface area contributed by atoms with E-state index < -0.39 is 0 Å². The average Bonchev–Trinajstić information content (AvgIpc) is 2.23. The molecule has 82 valence electrons. The molecule has 0 unspecified atom stereocenters. The van der Waals surface area contributed by atoms with Crippen LogP contribution in [0.3, 0.4) is 0 Å². The van der Waals surface area contributed by atoms with Gasteiger partial charge in [0.15, 0.2) is 0 Å². The first-order valence-electron chi connectivity index (χ1n) is 5.36. The summed E-state index contributed by atoms with van der Waals surface area (Å²) in [5, 5.41) is 0. The Morgan fingerprint density at radius 1 is 1.27 bits per heavy atom. The molecule has 1 aromatic heterocycles. The lowest BCUT2D eigenvalue weighted by atomic mass is 9.93. The molecule has 2 rings (SSSR count). The summed E-state index contributed by atoms with van der Waals surface area (Å²) in [6.45, 7) is 2.27. The van der Waals surface area contributed by atoms with Gasteiger partial charge in [-0.25, -0.2) is 0 Å². The highest BCUT2D eigenvalue weighted by atomic mass is 15.1. The van der Waals surface area contributed by atoms with Crippen LogP contribution in [0.25, 0.3) is 0 Å². The minimum absolute atomic E-state index is 0.545. The van der Waals surface area contributed by atoms with E-state index in [-0.39, 0.29) is 0 Å². The maximum atomic E-state index is 5.78. The Kier molecular flexibility index (Phi) is 2.77. The quantitative estimate of drug-likeness (QED) is 0.721. The summed E-state index contributed by atoms with van der Waals surface area (Å²) < 4.78 is 0. The van der Waals surface area contributed by atoms with Gasteiger partial charge in [0.05, 0.1) is 17.6 Å². The molecule has 0 aliphatic carbocycles. The average molecular weight is 206 g/mol. The molecule has 1 aliphatic rings. The van der Waals surface area contributed by atoms with Crippen LogP contribution in [0.1, 0.15) is 24.5 Å². The van der Waals surface area contributed by atoms with Crippen molar-refractivity contribution in [1.82, 2.24) is 9.88 Å². The van der Waals surface area contributed by atoms with Gasteiger partial charge >= 0.3 is 0 Å². The van der Waals surface area contributed by atoms with Gasteiger partial charge in [-0.3, -0.25) is 4.98 Å². The molecule has 2 heterocycles. The molecule has 1 fully saturated rings. The van der Waals surface area contributed by atoms with E-state index in [1.165, 1.54) is 0 Å². The molecule has 4 heteroatoms. The second-order valence-electron chi connectivity index (χ2n) is 4.32. The van der Waals surface area contributed by atoms with Gasteiger partial charge in [-0.15, -0.1) is 0 Å². The van der Waals surface area contributed by atoms with Gasteiger partial charge < -0.3 is 16.4 Å². The number of aromatic nitrogens is 1. The second-order valence-corrected chi connectivity index (χ2v) is 4.32. The second kappa shape index (κ2) is 4.06. The SMILES string of the molecule is CN1CCC(c2cc(N)c(N)cn2)CC1. The minimum Gasteiger partial charge on any atom is -0.397 e. The molecule has 1 saturated heterocycles. The number of likely N-dealkylation sites (tertiary alicyclic amines) is 1. The van der Waals surface area contributed by atoms with Gasteiger partial charge in [0.1, 0.15) is 0 Å². The highest BCUT2D eigenvalue weighted by Crippen LogP contribution is 2.28. The lowest BCUT2D eigenvalue weighted by molar-refractivity contribution is 0.253. The molecule has 0 saturated carbocycles. The summed E-state index contributed by atoms with van der Waals surface area (Å²) in [5.41, 5.74) is 13.7. The number of piperidine rings is 1. The minimum atomic E-state index is 0.545. The Hall–Kier alpha value is -1.29. The van der Waals surface area contributed by atoms with E-state index in [1.807, 2.05) is 6.07 Å². The largest absolute Gasteiger partial charge is 0.397 e. The van der Waals surface area contributed by atoms with Crippen molar-refractivity contribution in [2.24, 2.45) is 0 Å². The van der Waals surface area contributed by atoms with Crippen molar-refractivity contribution in [1.29, 1.82) is 0 Å². The lowest BCUT2D eigenvalue weighted by Crippen LogP contribution is -2.29. The van der Waals surface area contributed by atoms with Crippen LogP contribution in [0, 0.1) is 0 Å². The van der Waals surface area contributed by atoms with Crippen molar-refractivity contribution in [3.8, 4) is 0 Å². The molecule has 1 aliphatic heterocycles. The van der Waals surface area contributed by atoms with E-state index in [1.54, 1.807) is 6.20 Å². The van der Waals surface area contributed by atoms with Crippen molar-refractivity contribution < 1.29 is 0 Å². The zero-order chi connectivity index (χ0) is 10.8. The molecule has 15 heavy (non-hydrogen) atoms. The number of nitrogen functional groups attached to an aromatic ring is 2. The standard InChI is InChI=1S/C11H18N4/c1-15-4-2-8(3-5-15)11-6-9(12)10(13)7-14-11/h6-8H,2-5,13H2,1H3,(H2,12,14). The number of rotatable bonds is 1. The maximum Gasteiger partial charge on any atom is 0.0734 e. The first-order chi connectivity index (χ1) is 7.16. The summed E-state index contributed by atoms with van der Waals surface area (Å²) in [5.74, 6) is 0.545. The van der Waals surface area contributed by atoms with Gasteiger partial charge in [0.25, 0.3) is 0 Å². The van der Waals surface area contributed by atoms with Crippen LogP contribution in [0.2, 0.25) is 0 Å². The van der Waals surface area contributed by atoms with E-state index in [9.17, 15) is 0 Å². The zero-order valence-corrected chi connectivity index (χ0v) is 9.11. The van der Waals surface area contributed by atoms with Crippen molar-refractivity contribution in [2.75, 3.05) is 31.6 Å². The van der Waals surface area contributed by atoms with Gasteiger partial charge in [0.2, 0.25) is 0 Å². The lowest BCUT2D eigenvalue weighted by Gasteiger charge is -2.28. The van der Waals surface area contributed by atoms with Crippen molar-refractivity contribution in [3.05, 3.63) is 18.0 Å². The Balaban J connectivity index is 2.12. The highest BCUT2D eigenvalue weighted by molar-refractivity contribution is 5.62. The molecule has 0 amide bonds. The molecular formula is C11H18N4. The number of anilines is 2. The fourth-order valence-corrected chi connectivity index (χ4v) is 2.03. The third kappa shape index (κ3) is 2.21. The van der Waals surface area contributed by atoms with Crippen molar-refractivity contribution >= 4 is 11.4 Å². The molecule has 1 aromatic rings. The first kappa shape index (κ1) is 10.2. The van der Waals surface area contributed by atoms with E-state index in [4.69, 9.17) is 11.5 Å². The maximum absolute atomic E-state index is 5.78. The smallest absolute Gasteiger partial charge is 0.0734 e. The molecular weight excluding hydrogens is 188 g/mol. The number of pyridine rings is 1. The van der Waals surface area contributed by atoms with Crippen LogP contribution in [0.5, 0.6) is 0 Å². The fraction of sp³-hybridized carbons (Fsp3) is 0.545. The predicted molar refractivity (Wildman–Crippen MR) is 62.5 cm³/mol. The van der Waals surface area contributed by atoms with Crippen LogP contribution in [0.15, 0.2) is 12.3 Å². The molecule has 4 N–H and O–H groups in total. The molecule has 0 spiro atoms. The summed E-state index contributed by atoms with van der Waals surface area (Å²) in [4.78, 5) is 6.71. The summed E-state index contributed by atoms with van der Waals surface area (Å²) in [7, 11) is 2.15. The Morgan fingerprint density at radius 2 is 1.93 bits per heavy atom. The van der Waals surface area contributed by atoms with Gasteiger partial charge in [-0.2, -0.15) is 0 Å². The van der Waals surface area contributed by atoms with Crippen LogP contribution in [-0.2, 0) is 0 Å². The van der Waals surface area contributed by atoms with Gasteiger partial charge in [0, 0.05) is 11.6 Å². The number of hydrogen-bond acceptors (Lipinski definition) is 4. The van der Waals surface area contributed by atoms with Crippen LogP contribution in [-0.4, -0.2) is 30.0 Å². The van der Waals surface area contributed by atoms with E-state index in [0.29, 0.717) is 17.3 Å². The summed E-state index contributed by atoms with van der Waals surface area (Å²) >= 11 is 0. The van der Waals surface area contributed by atoms with E-state index in [0.717, 1.165) is 31.6 Å². The Morgan fingerprint density at radius 3 is 2.53 bits per heavy atom. The predicted octanol–water partition coefficient (Wildman–Crippen LogP) is 1.06. The zero-order valence-electron chi connectivity index (χ0n) is 9.11. The monoisotopic (exact) mass is 206 g/mol. The third-order valence-corrected chi connectivity index (χ3v) is 3.13. The molecule has 0 radical (unpaired) electrons. The number of hydrogen-bond donors (Lipinski definition) is 2. The first-order valence-corrected chi connectivity index (χ1v) is 5.36. The van der Waals surface area contributed by atoms with Crippen molar-refractivity contribution in [2.45, 2.75) is 18.8 Å². The van der Waals surface area contributed by atoms with Crippen LogP contribution >= 0.6 is 0 Å².